The molecule has 1 N–H and O–H groups in total. The van der Waals surface area contributed by atoms with Crippen LogP contribution in [0.3, 0.4) is 0 Å². The summed E-state index contributed by atoms with van der Waals surface area (Å²) in [6, 6.07) is -0.180. The normalized spacial score (nSPS) is 18.5. The average Bonchev–Trinajstić information content (AvgIpc) is 2.46. The van der Waals surface area contributed by atoms with Crippen molar-refractivity contribution in [3.05, 3.63) is 0 Å². The van der Waals surface area contributed by atoms with Gasteiger partial charge < -0.3 is 19.6 Å². The number of rotatable bonds is 5. The molecular formula is C13H22N2O5. The number of nitrogens with zero attached hydrogens (tertiary/aromatic N) is 2. The molecule has 0 aromatic rings. The Morgan fingerprint density at radius 1 is 1.40 bits per heavy atom. The summed E-state index contributed by atoms with van der Waals surface area (Å²) in [6.07, 6.45) is 2.13. The van der Waals surface area contributed by atoms with Gasteiger partial charge in [-0.15, -0.1) is 0 Å². The van der Waals surface area contributed by atoms with Crippen LogP contribution in [0.1, 0.15) is 25.7 Å². The molecule has 1 saturated heterocycles. The highest BCUT2D eigenvalue weighted by Gasteiger charge is 2.29. The molecule has 1 heterocycles. The Bertz CT molecular complexity index is 372. The number of amides is 2. The highest BCUT2D eigenvalue weighted by atomic mass is 16.5. The second-order valence-corrected chi connectivity index (χ2v) is 5.01. The zero-order valence-electron chi connectivity index (χ0n) is 12.0. The van der Waals surface area contributed by atoms with Gasteiger partial charge in [0.25, 0.3) is 0 Å². The minimum atomic E-state index is -0.851. The third-order valence-corrected chi connectivity index (χ3v) is 3.47. The lowest BCUT2D eigenvalue weighted by Crippen LogP contribution is -2.47. The molecule has 7 heteroatoms. The second kappa shape index (κ2) is 7.72. The Hall–Kier alpha value is -1.79. The molecule has 0 bridgehead atoms. The molecule has 20 heavy (non-hydrogen) atoms. The molecule has 1 unspecified atom stereocenters. The maximum atomic E-state index is 12.2. The van der Waals surface area contributed by atoms with Gasteiger partial charge >= 0.3 is 18.0 Å². The summed E-state index contributed by atoms with van der Waals surface area (Å²) >= 11 is 0. The monoisotopic (exact) mass is 286 g/mol. The minimum Gasteiger partial charge on any atom is -0.481 e. The minimum absolute atomic E-state index is 0.180. The standard InChI is InChI=1S/C13H22N2O5/c1-14(7-4-6-11(16)20-2)13(19)15-8-3-5-10(9-15)12(17)18/h10H,3-9H2,1-2H3,(H,17,18). The Balaban J connectivity index is 2.39. The number of piperidine rings is 1. The van der Waals surface area contributed by atoms with Gasteiger partial charge in [-0.05, 0) is 19.3 Å². The number of carbonyl (C=O) groups excluding carboxylic acids is 2. The van der Waals surface area contributed by atoms with Crippen LogP contribution in [0.2, 0.25) is 0 Å². The molecule has 2 amide bonds. The highest BCUT2D eigenvalue weighted by Crippen LogP contribution is 2.17. The third-order valence-electron chi connectivity index (χ3n) is 3.47. The van der Waals surface area contributed by atoms with Crippen LogP contribution in [-0.4, -0.2) is 66.7 Å². The molecule has 0 spiro atoms. The van der Waals surface area contributed by atoms with Gasteiger partial charge in [-0.1, -0.05) is 0 Å². The van der Waals surface area contributed by atoms with E-state index in [1.807, 2.05) is 0 Å². The van der Waals surface area contributed by atoms with Crippen molar-refractivity contribution in [3.8, 4) is 0 Å². The number of ether oxygens (including phenoxy) is 1. The third kappa shape index (κ3) is 4.71. The molecular weight excluding hydrogens is 264 g/mol. The molecule has 7 nitrogen and oxygen atoms in total. The van der Waals surface area contributed by atoms with E-state index in [1.165, 1.54) is 12.0 Å². The molecule has 0 aromatic carbocycles. The summed E-state index contributed by atoms with van der Waals surface area (Å²) < 4.78 is 4.53. The quantitative estimate of drug-likeness (QED) is 0.755. The fourth-order valence-corrected chi connectivity index (χ4v) is 2.25. The molecule has 114 valence electrons. The number of methoxy groups -OCH3 is 1. The Morgan fingerprint density at radius 3 is 2.70 bits per heavy atom. The number of carboxylic acids is 1. The summed E-state index contributed by atoms with van der Waals surface area (Å²) in [4.78, 5) is 37.2. The van der Waals surface area contributed by atoms with Crippen molar-refractivity contribution in [2.24, 2.45) is 5.92 Å². The average molecular weight is 286 g/mol. The maximum absolute atomic E-state index is 12.2. The van der Waals surface area contributed by atoms with E-state index < -0.39 is 11.9 Å². The summed E-state index contributed by atoms with van der Waals surface area (Å²) in [5.41, 5.74) is 0. The number of esters is 1. The van der Waals surface area contributed by atoms with E-state index in [0.717, 1.165) is 0 Å². The van der Waals surface area contributed by atoms with Gasteiger partial charge in [0, 0.05) is 33.1 Å². The van der Waals surface area contributed by atoms with Gasteiger partial charge in [-0.3, -0.25) is 9.59 Å². The van der Waals surface area contributed by atoms with Crippen LogP contribution < -0.4 is 0 Å². The van der Waals surface area contributed by atoms with E-state index in [-0.39, 0.29) is 25.0 Å². The lowest BCUT2D eigenvalue weighted by Gasteiger charge is -2.33. The SMILES string of the molecule is COC(=O)CCCN(C)C(=O)N1CCCC(C(=O)O)C1. The number of carbonyl (C=O) groups is 3. The van der Waals surface area contributed by atoms with Gasteiger partial charge in [0.1, 0.15) is 0 Å². The first-order chi connectivity index (χ1) is 9.45. The van der Waals surface area contributed by atoms with Crippen molar-refractivity contribution in [1.29, 1.82) is 0 Å². The Kier molecular flexibility index (Phi) is 6.27. The van der Waals surface area contributed by atoms with Crippen LogP contribution in [0.4, 0.5) is 4.79 Å². The summed E-state index contributed by atoms with van der Waals surface area (Å²) in [7, 11) is 2.99. The number of urea groups is 1. The van der Waals surface area contributed by atoms with E-state index in [0.29, 0.717) is 32.4 Å². The fourth-order valence-electron chi connectivity index (χ4n) is 2.25. The number of aliphatic carboxylic acids is 1. The van der Waals surface area contributed by atoms with Gasteiger partial charge in [0.05, 0.1) is 13.0 Å². The molecule has 0 saturated carbocycles. The first-order valence-corrected chi connectivity index (χ1v) is 6.75. The van der Waals surface area contributed by atoms with Crippen LogP contribution in [-0.2, 0) is 14.3 Å². The van der Waals surface area contributed by atoms with Crippen LogP contribution >= 0.6 is 0 Å². The van der Waals surface area contributed by atoms with Crippen molar-refractivity contribution in [1.82, 2.24) is 9.80 Å². The molecule has 1 aliphatic heterocycles. The van der Waals surface area contributed by atoms with Crippen molar-refractivity contribution in [3.63, 3.8) is 0 Å². The molecule has 0 aromatic heterocycles. The number of hydrogen-bond donors (Lipinski definition) is 1. The van der Waals surface area contributed by atoms with Crippen molar-refractivity contribution in [2.45, 2.75) is 25.7 Å². The number of hydrogen-bond acceptors (Lipinski definition) is 4. The molecule has 1 atom stereocenters. The van der Waals surface area contributed by atoms with Crippen LogP contribution in [0.5, 0.6) is 0 Å². The highest BCUT2D eigenvalue weighted by molar-refractivity contribution is 5.76. The maximum Gasteiger partial charge on any atom is 0.319 e. The fraction of sp³-hybridized carbons (Fsp3) is 0.769. The molecule has 1 fully saturated rings. The summed E-state index contributed by atoms with van der Waals surface area (Å²) in [5.74, 6) is -1.62. The van der Waals surface area contributed by atoms with E-state index in [1.54, 1.807) is 11.9 Å². The summed E-state index contributed by atoms with van der Waals surface area (Å²) in [6.45, 7) is 1.29. The Morgan fingerprint density at radius 2 is 2.10 bits per heavy atom. The largest absolute Gasteiger partial charge is 0.481 e. The van der Waals surface area contributed by atoms with Crippen LogP contribution in [0.25, 0.3) is 0 Å². The van der Waals surface area contributed by atoms with Crippen molar-refractivity contribution >= 4 is 18.0 Å². The van der Waals surface area contributed by atoms with Crippen molar-refractivity contribution in [2.75, 3.05) is 33.8 Å². The predicted octanol–water partition coefficient (Wildman–Crippen LogP) is 0.788. The van der Waals surface area contributed by atoms with E-state index in [2.05, 4.69) is 4.74 Å². The summed E-state index contributed by atoms with van der Waals surface area (Å²) in [5, 5.41) is 9.00. The van der Waals surface area contributed by atoms with E-state index in [9.17, 15) is 14.4 Å². The number of likely N-dealkylation sites (tertiary alicyclic amines) is 1. The molecule has 0 radical (unpaired) electrons. The topological polar surface area (TPSA) is 87.2 Å². The van der Waals surface area contributed by atoms with Crippen molar-refractivity contribution < 1.29 is 24.2 Å². The smallest absolute Gasteiger partial charge is 0.319 e. The number of carboxylic acid groups (broad SMARTS) is 1. The first-order valence-electron chi connectivity index (χ1n) is 6.75. The molecule has 1 rings (SSSR count). The zero-order valence-corrected chi connectivity index (χ0v) is 12.0. The first kappa shape index (κ1) is 16.3. The Labute approximate surface area is 118 Å². The lowest BCUT2D eigenvalue weighted by atomic mass is 9.99. The second-order valence-electron chi connectivity index (χ2n) is 5.01. The van der Waals surface area contributed by atoms with Gasteiger partial charge in [-0.25, -0.2) is 4.79 Å². The van der Waals surface area contributed by atoms with Gasteiger partial charge in [-0.2, -0.15) is 0 Å². The zero-order chi connectivity index (χ0) is 15.1. The molecule has 1 aliphatic rings. The van der Waals surface area contributed by atoms with Gasteiger partial charge in [0.15, 0.2) is 0 Å². The predicted molar refractivity (Wildman–Crippen MR) is 71.2 cm³/mol. The lowest BCUT2D eigenvalue weighted by molar-refractivity contribution is -0.143. The van der Waals surface area contributed by atoms with E-state index >= 15 is 0 Å². The van der Waals surface area contributed by atoms with Gasteiger partial charge in [0.2, 0.25) is 0 Å². The van der Waals surface area contributed by atoms with Crippen LogP contribution in [0.15, 0.2) is 0 Å². The van der Waals surface area contributed by atoms with E-state index in [4.69, 9.17) is 5.11 Å². The molecule has 0 aliphatic carbocycles. The van der Waals surface area contributed by atoms with Crippen LogP contribution in [0, 0.1) is 5.92 Å².